The molecular formula is C15H10ClF3OS. The van der Waals surface area contributed by atoms with Crippen LogP contribution in [0.4, 0.5) is 13.2 Å². The minimum Gasteiger partial charge on any atom is -0.476 e. The summed E-state index contributed by atoms with van der Waals surface area (Å²) >= 11 is 7.77. The number of hydrogen-bond acceptors (Lipinski definition) is 2. The van der Waals surface area contributed by atoms with Gasteiger partial charge >= 0.3 is 6.18 Å². The van der Waals surface area contributed by atoms with Gasteiger partial charge in [-0.2, -0.15) is 13.2 Å². The van der Waals surface area contributed by atoms with Crippen molar-refractivity contribution < 1.29 is 17.9 Å². The van der Waals surface area contributed by atoms with Crippen molar-refractivity contribution in [2.24, 2.45) is 0 Å². The number of benzene rings is 1. The van der Waals surface area contributed by atoms with Crippen LogP contribution in [-0.2, 0) is 6.42 Å². The Morgan fingerprint density at radius 1 is 1.29 bits per heavy atom. The maximum absolute atomic E-state index is 12.7. The monoisotopic (exact) mass is 330 g/mol. The minimum absolute atomic E-state index is 0.218. The molecule has 1 aromatic heterocycles. The quantitative estimate of drug-likeness (QED) is 0.723. The normalized spacial score (nSPS) is 17.4. The molecule has 0 saturated heterocycles. The van der Waals surface area contributed by atoms with Crippen LogP contribution in [0.3, 0.4) is 0 Å². The van der Waals surface area contributed by atoms with E-state index in [1.54, 1.807) is 23.5 Å². The number of ether oxygens (including phenoxy) is 1. The van der Waals surface area contributed by atoms with Crippen molar-refractivity contribution in [3.63, 3.8) is 0 Å². The first kappa shape index (κ1) is 14.5. The number of thiophene rings is 1. The van der Waals surface area contributed by atoms with Crippen LogP contribution in [0.1, 0.15) is 16.0 Å². The van der Waals surface area contributed by atoms with Gasteiger partial charge in [-0.3, -0.25) is 0 Å². The van der Waals surface area contributed by atoms with Crippen molar-refractivity contribution >= 4 is 29.0 Å². The maximum atomic E-state index is 12.7. The standard InChI is InChI=1S/C15H10ClF3OS/c16-12-7-9-3-4-14(15(17,18)19)20-13(9)8-10(12)6-11-2-1-5-21-11/h1-5,7-8,14H,6H2. The highest BCUT2D eigenvalue weighted by Gasteiger charge is 2.41. The van der Waals surface area contributed by atoms with Crippen LogP contribution < -0.4 is 4.74 Å². The maximum Gasteiger partial charge on any atom is 0.429 e. The van der Waals surface area contributed by atoms with Gasteiger partial charge in [-0.25, -0.2) is 0 Å². The van der Waals surface area contributed by atoms with Crippen molar-refractivity contribution in [1.29, 1.82) is 0 Å². The van der Waals surface area contributed by atoms with Gasteiger partial charge in [0.05, 0.1) is 0 Å². The van der Waals surface area contributed by atoms with Crippen LogP contribution in [0.15, 0.2) is 35.7 Å². The zero-order valence-corrected chi connectivity index (χ0v) is 12.2. The van der Waals surface area contributed by atoms with E-state index in [0.29, 0.717) is 17.0 Å². The predicted molar refractivity (Wildman–Crippen MR) is 78.1 cm³/mol. The molecule has 0 bridgehead atoms. The first-order chi connectivity index (χ1) is 9.93. The molecule has 0 spiro atoms. The summed E-state index contributed by atoms with van der Waals surface area (Å²) in [6, 6.07) is 7.12. The Bertz CT molecular complexity index is 677. The van der Waals surface area contributed by atoms with Crippen LogP contribution in [0.2, 0.25) is 5.02 Å². The Morgan fingerprint density at radius 3 is 2.76 bits per heavy atom. The Kier molecular flexibility index (Phi) is 3.71. The molecule has 21 heavy (non-hydrogen) atoms. The van der Waals surface area contributed by atoms with Crippen LogP contribution in [0.25, 0.3) is 6.08 Å². The molecule has 1 aliphatic heterocycles. The molecule has 1 aromatic carbocycles. The Morgan fingerprint density at radius 2 is 2.10 bits per heavy atom. The summed E-state index contributed by atoms with van der Waals surface area (Å²) in [5.74, 6) is 0.218. The highest BCUT2D eigenvalue weighted by atomic mass is 35.5. The molecule has 3 rings (SSSR count). The molecule has 0 radical (unpaired) electrons. The molecule has 0 N–H and O–H groups in total. The first-order valence-corrected chi connectivity index (χ1v) is 7.45. The fourth-order valence-electron chi connectivity index (χ4n) is 2.12. The van der Waals surface area contributed by atoms with E-state index in [1.165, 1.54) is 6.08 Å². The Balaban J connectivity index is 1.92. The molecule has 2 heterocycles. The van der Waals surface area contributed by atoms with Gasteiger partial charge in [0.2, 0.25) is 6.10 Å². The van der Waals surface area contributed by atoms with Gasteiger partial charge in [0, 0.05) is 21.9 Å². The van der Waals surface area contributed by atoms with E-state index in [1.807, 2.05) is 17.5 Å². The van der Waals surface area contributed by atoms with E-state index in [9.17, 15) is 13.2 Å². The molecule has 2 aromatic rings. The Hall–Kier alpha value is -1.46. The fraction of sp³-hybridized carbons (Fsp3) is 0.200. The topological polar surface area (TPSA) is 9.23 Å². The molecule has 0 amide bonds. The number of alkyl halides is 3. The largest absolute Gasteiger partial charge is 0.476 e. The lowest BCUT2D eigenvalue weighted by Crippen LogP contribution is -2.33. The summed E-state index contributed by atoms with van der Waals surface area (Å²) in [5.41, 5.74) is 1.32. The molecular weight excluding hydrogens is 321 g/mol. The SMILES string of the molecule is FC(F)(F)C1C=Cc2cc(Cl)c(Cc3cccs3)cc2O1. The van der Waals surface area contributed by atoms with Gasteiger partial charge in [-0.1, -0.05) is 23.7 Å². The molecule has 1 aliphatic rings. The van der Waals surface area contributed by atoms with Gasteiger partial charge < -0.3 is 4.74 Å². The van der Waals surface area contributed by atoms with E-state index in [-0.39, 0.29) is 5.75 Å². The molecule has 6 heteroatoms. The molecule has 0 aliphatic carbocycles. The number of rotatable bonds is 2. The molecule has 0 fully saturated rings. The van der Waals surface area contributed by atoms with Crippen molar-refractivity contribution in [3.05, 3.63) is 56.7 Å². The average molecular weight is 331 g/mol. The van der Waals surface area contributed by atoms with E-state index in [4.69, 9.17) is 16.3 Å². The predicted octanol–water partition coefficient (Wildman–Crippen LogP) is 5.33. The third kappa shape index (κ3) is 3.09. The van der Waals surface area contributed by atoms with Crippen molar-refractivity contribution in [2.45, 2.75) is 18.7 Å². The lowest BCUT2D eigenvalue weighted by atomic mass is 10.0. The van der Waals surface area contributed by atoms with Gasteiger partial charge in [-0.05, 0) is 35.2 Å². The first-order valence-electron chi connectivity index (χ1n) is 6.20. The van der Waals surface area contributed by atoms with Crippen LogP contribution >= 0.6 is 22.9 Å². The zero-order valence-electron chi connectivity index (χ0n) is 10.7. The van der Waals surface area contributed by atoms with E-state index in [2.05, 4.69) is 0 Å². The summed E-state index contributed by atoms with van der Waals surface area (Å²) in [7, 11) is 0. The average Bonchev–Trinajstić information content (AvgIpc) is 2.91. The van der Waals surface area contributed by atoms with E-state index < -0.39 is 12.3 Å². The van der Waals surface area contributed by atoms with Gasteiger partial charge in [0.15, 0.2) is 0 Å². The second-order valence-electron chi connectivity index (χ2n) is 4.68. The molecule has 1 unspecified atom stereocenters. The highest BCUT2D eigenvalue weighted by Crippen LogP contribution is 2.36. The van der Waals surface area contributed by atoms with Gasteiger partial charge in [-0.15, -0.1) is 11.3 Å². The van der Waals surface area contributed by atoms with E-state index >= 15 is 0 Å². The second kappa shape index (κ2) is 5.39. The molecule has 1 nitrogen and oxygen atoms in total. The number of hydrogen-bond donors (Lipinski definition) is 0. The third-order valence-electron chi connectivity index (χ3n) is 3.15. The summed E-state index contributed by atoms with van der Waals surface area (Å²) in [6.07, 6.45) is -3.34. The summed E-state index contributed by atoms with van der Waals surface area (Å²) in [6.45, 7) is 0. The fourth-order valence-corrected chi connectivity index (χ4v) is 3.09. The molecule has 1 atom stereocenters. The summed E-state index contributed by atoms with van der Waals surface area (Å²) < 4.78 is 43.2. The third-order valence-corrected chi connectivity index (χ3v) is 4.38. The highest BCUT2D eigenvalue weighted by molar-refractivity contribution is 7.09. The summed E-state index contributed by atoms with van der Waals surface area (Å²) in [5, 5.41) is 2.47. The second-order valence-corrected chi connectivity index (χ2v) is 6.12. The van der Waals surface area contributed by atoms with Crippen molar-refractivity contribution in [2.75, 3.05) is 0 Å². The van der Waals surface area contributed by atoms with Crippen LogP contribution in [-0.4, -0.2) is 12.3 Å². The van der Waals surface area contributed by atoms with Crippen molar-refractivity contribution in [3.8, 4) is 5.75 Å². The van der Waals surface area contributed by atoms with Crippen LogP contribution in [0, 0.1) is 0 Å². The minimum atomic E-state index is -4.41. The number of halogens is 4. The van der Waals surface area contributed by atoms with E-state index in [0.717, 1.165) is 16.5 Å². The Labute approximate surface area is 128 Å². The summed E-state index contributed by atoms with van der Waals surface area (Å²) in [4.78, 5) is 1.09. The molecule has 110 valence electrons. The smallest absolute Gasteiger partial charge is 0.429 e. The van der Waals surface area contributed by atoms with Gasteiger partial charge in [0.1, 0.15) is 5.75 Å². The number of fused-ring (bicyclic) bond motifs is 1. The van der Waals surface area contributed by atoms with Crippen LogP contribution in [0.5, 0.6) is 5.75 Å². The van der Waals surface area contributed by atoms with Gasteiger partial charge in [0.25, 0.3) is 0 Å². The zero-order chi connectivity index (χ0) is 15.0. The van der Waals surface area contributed by atoms with Crippen molar-refractivity contribution in [1.82, 2.24) is 0 Å². The lowest BCUT2D eigenvalue weighted by molar-refractivity contribution is -0.180. The molecule has 0 saturated carbocycles. The lowest BCUT2D eigenvalue weighted by Gasteiger charge is -2.24.